The molecule has 210 valence electrons. The summed E-state index contributed by atoms with van der Waals surface area (Å²) in [6.07, 6.45) is -1.58. The number of hydrogen-bond acceptors (Lipinski definition) is 7. The molecule has 2 N–H and O–H groups in total. The first-order chi connectivity index (χ1) is 20.2. The molecule has 3 heterocycles. The molecule has 0 saturated heterocycles. The number of aromatic nitrogens is 6. The molecule has 0 aliphatic rings. The van der Waals surface area contributed by atoms with Crippen LogP contribution in [0, 0.1) is 6.92 Å². The number of ketones is 1. The van der Waals surface area contributed by atoms with Crippen molar-refractivity contribution >= 4 is 51.9 Å². The minimum atomic E-state index is -4.40. The molecule has 12 heteroatoms. The largest absolute Gasteiger partial charge is 0.416 e. The third-order valence-electron chi connectivity index (χ3n) is 6.30. The lowest BCUT2D eigenvalue weighted by atomic mass is 10.1. The normalized spacial score (nSPS) is 12.0. The van der Waals surface area contributed by atoms with Gasteiger partial charge in [0.15, 0.2) is 5.78 Å². The number of rotatable bonds is 8. The van der Waals surface area contributed by atoms with Crippen molar-refractivity contribution in [3.05, 3.63) is 113 Å². The zero-order valence-electron chi connectivity index (χ0n) is 22.1. The fourth-order valence-corrected chi connectivity index (χ4v) is 4.93. The van der Waals surface area contributed by atoms with Crippen LogP contribution in [0.1, 0.15) is 33.0 Å². The predicted octanol–water partition coefficient (Wildman–Crippen LogP) is 7.26. The average Bonchev–Trinajstić information content (AvgIpc) is 3.58. The van der Waals surface area contributed by atoms with E-state index in [-0.39, 0.29) is 5.78 Å². The van der Waals surface area contributed by atoms with Gasteiger partial charge in [-0.15, -0.1) is 5.10 Å². The highest BCUT2D eigenvalue weighted by molar-refractivity contribution is 7.98. The number of benzene rings is 3. The molecule has 0 fully saturated rings. The SMILES string of the molecule is Cc1cc(Nc2ccc(C(=O)/C=C/c3ccc(C(F)(F)F)cc3)cc2)n2nc(SCc3nc4ccccc4[nH]3)nc2n1. The van der Waals surface area contributed by atoms with Crippen molar-refractivity contribution in [2.24, 2.45) is 0 Å². The van der Waals surface area contributed by atoms with Crippen LogP contribution in [0.2, 0.25) is 0 Å². The van der Waals surface area contributed by atoms with E-state index in [1.165, 1.54) is 36.0 Å². The number of carbonyl (C=O) groups excluding carboxylic acids is 1. The number of carbonyl (C=O) groups is 1. The molecule has 0 unspecified atom stereocenters. The van der Waals surface area contributed by atoms with E-state index in [4.69, 9.17) is 0 Å². The monoisotopic (exact) mass is 585 g/mol. The molecule has 0 aliphatic carbocycles. The van der Waals surface area contributed by atoms with E-state index >= 15 is 0 Å². The zero-order chi connectivity index (χ0) is 29.3. The Morgan fingerprint density at radius 2 is 1.76 bits per heavy atom. The summed E-state index contributed by atoms with van der Waals surface area (Å²) in [5.41, 5.74) is 3.55. The number of imidazole rings is 1. The van der Waals surface area contributed by atoms with Gasteiger partial charge in [-0.25, -0.2) is 9.97 Å². The summed E-state index contributed by atoms with van der Waals surface area (Å²) < 4.78 is 39.9. The lowest BCUT2D eigenvalue weighted by Gasteiger charge is -2.09. The topological polar surface area (TPSA) is 101 Å². The molecule has 0 amide bonds. The van der Waals surface area contributed by atoms with Crippen LogP contribution in [0.5, 0.6) is 0 Å². The lowest BCUT2D eigenvalue weighted by Crippen LogP contribution is -2.04. The minimum absolute atomic E-state index is 0.272. The number of alkyl halides is 3. The van der Waals surface area contributed by atoms with Gasteiger partial charge >= 0.3 is 6.18 Å². The second kappa shape index (κ2) is 11.1. The molecule has 42 heavy (non-hydrogen) atoms. The highest BCUT2D eigenvalue weighted by atomic mass is 32.2. The molecule has 0 saturated carbocycles. The maximum atomic E-state index is 12.8. The number of halogens is 3. The van der Waals surface area contributed by atoms with Crippen LogP contribution in [0.15, 0.2) is 90.1 Å². The van der Waals surface area contributed by atoms with Gasteiger partial charge in [-0.1, -0.05) is 42.1 Å². The first kappa shape index (κ1) is 27.2. The average molecular weight is 586 g/mol. The Bertz CT molecular complexity index is 1890. The Labute approximate surface area is 241 Å². The smallest absolute Gasteiger partial charge is 0.341 e. The molecule has 0 radical (unpaired) electrons. The Hall–Kier alpha value is -4.97. The van der Waals surface area contributed by atoms with Crippen LogP contribution in [0.25, 0.3) is 22.9 Å². The number of fused-ring (bicyclic) bond motifs is 2. The quantitative estimate of drug-likeness (QED) is 0.110. The number of hydrogen-bond donors (Lipinski definition) is 2. The number of nitrogens with zero attached hydrogens (tertiary/aromatic N) is 5. The first-order valence-corrected chi connectivity index (χ1v) is 13.8. The van der Waals surface area contributed by atoms with E-state index in [2.05, 4.69) is 30.4 Å². The van der Waals surface area contributed by atoms with Gasteiger partial charge < -0.3 is 10.3 Å². The molecule has 3 aromatic carbocycles. The maximum absolute atomic E-state index is 12.8. The lowest BCUT2D eigenvalue weighted by molar-refractivity contribution is -0.137. The summed E-state index contributed by atoms with van der Waals surface area (Å²) in [7, 11) is 0. The van der Waals surface area contributed by atoms with E-state index in [1.54, 1.807) is 28.8 Å². The third kappa shape index (κ3) is 6.03. The number of anilines is 2. The van der Waals surface area contributed by atoms with Gasteiger partial charge in [-0.3, -0.25) is 4.79 Å². The molecule has 0 bridgehead atoms. The Morgan fingerprint density at radius 3 is 2.50 bits per heavy atom. The van der Waals surface area contributed by atoms with Crippen molar-refractivity contribution in [1.82, 2.24) is 29.5 Å². The van der Waals surface area contributed by atoms with Crippen LogP contribution < -0.4 is 5.32 Å². The van der Waals surface area contributed by atoms with Crippen molar-refractivity contribution in [2.45, 2.75) is 24.0 Å². The number of H-pyrrole nitrogens is 1. The van der Waals surface area contributed by atoms with Crippen LogP contribution in [-0.4, -0.2) is 35.3 Å². The van der Waals surface area contributed by atoms with Crippen molar-refractivity contribution in [2.75, 3.05) is 5.32 Å². The van der Waals surface area contributed by atoms with Gasteiger partial charge in [0, 0.05) is 23.0 Å². The Balaban J connectivity index is 1.13. The van der Waals surface area contributed by atoms with Crippen molar-refractivity contribution in [3.8, 4) is 0 Å². The highest BCUT2D eigenvalue weighted by Crippen LogP contribution is 2.29. The number of para-hydroxylation sites is 2. The number of nitrogens with one attached hydrogen (secondary N) is 2. The van der Waals surface area contributed by atoms with Crippen LogP contribution in [0.3, 0.4) is 0 Å². The second-order valence-corrected chi connectivity index (χ2v) is 10.3. The standard InChI is InChI=1S/C30H22F3N7OS/c1-18-16-27(40-28(34-18)38-29(39-40)42-17-26-36-23-4-2-3-5-24(23)37-26)35-22-13-9-20(10-14-22)25(41)15-8-19-6-11-21(12-7-19)30(31,32)33/h2-16,35H,17H2,1H3,(H,36,37)/b15-8+. The molecule has 6 rings (SSSR count). The summed E-state index contributed by atoms with van der Waals surface area (Å²) in [5, 5.41) is 8.47. The molecular weight excluding hydrogens is 563 g/mol. The fraction of sp³-hybridized carbons (Fsp3) is 0.100. The Morgan fingerprint density at radius 1 is 1.00 bits per heavy atom. The molecule has 0 spiro atoms. The third-order valence-corrected chi connectivity index (χ3v) is 7.15. The van der Waals surface area contributed by atoms with Crippen molar-refractivity contribution < 1.29 is 18.0 Å². The summed E-state index contributed by atoms with van der Waals surface area (Å²) in [5.74, 6) is 2.22. The minimum Gasteiger partial charge on any atom is -0.341 e. The van der Waals surface area contributed by atoms with Crippen LogP contribution in [-0.2, 0) is 11.9 Å². The molecular formula is C30H22F3N7OS. The molecule has 3 aromatic heterocycles. The number of thioether (sulfide) groups is 1. The highest BCUT2D eigenvalue weighted by Gasteiger charge is 2.29. The number of aromatic amines is 1. The van der Waals surface area contributed by atoms with Gasteiger partial charge in [-0.2, -0.15) is 22.7 Å². The van der Waals surface area contributed by atoms with E-state index in [0.29, 0.717) is 33.6 Å². The maximum Gasteiger partial charge on any atom is 0.416 e. The summed E-state index contributed by atoms with van der Waals surface area (Å²) in [4.78, 5) is 29.6. The van der Waals surface area contributed by atoms with E-state index in [1.807, 2.05) is 37.3 Å². The second-order valence-electron chi connectivity index (χ2n) is 9.40. The Kier molecular flexibility index (Phi) is 7.21. The summed E-state index contributed by atoms with van der Waals surface area (Å²) >= 11 is 1.45. The van der Waals surface area contributed by atoms with Gasteiger partial charge in [0.2, 0.25) is 5.16 Å². The van der Waals surface area contributed by atoms with E-state index in [9.17, 15) is 18.0 Å². The van der Waals surface area contributed by atoms with E-state index in [0.717, 1.165) is 40.4 Å². The number of aryl methyl sites for hydroxylation is 1. The fourth-order valence-electron chi connectivity index (χ4n) is 4.24. The first-order valence-electron chi connectivity index (χ1n) is 12.8. The molecule has 0 aliphatic heterocycles. The van der Waals surface area contributed by atoms with Crippen molar-refractivity contribution in [3.63, 3.8) is 0 Å². The molecule has 8 nitrogen and oxygen atoms in total. The van der Waals surface area contributed by atoms with Gasteiger partial charge in [0.05, 0.1) is 22.3 Å². The predicted molar refractivity (Wildman–Crippen MR) is 156 cm³/mol. The number of allylic oxidation sites excluding steroid dienone is 1. The van der Waals surface area contributed by atoms with Crippen LogP contribution >= 0.6 is 11.8 Å². The zero-order valence-corrected chi connectivity index (χ0v) is 22.9. The van der Waals surface area contributed by atoms with Gasteiger partial charge in [0.1, 0.15) is 11.6 Å². The van der Waals surface area contributed by atoms with Gasteiger partial charge in [0.25, 0.3) is 5.78 Å². The van der Waals surface area contributed by atoms with E-state index < -0.39 is 11.7 Å². The van der Waals surface area contributed by atoms with Crippen LogP contribution in [0.4, 0.5) is 24.7 Å². The molecule has 0 atom stereocenters. The van der Waals surface area contributed by atoms with Gasteiger partial charge in [-0.05, 0) is 67.1 Å². The summed E-state index contributed by atoms with van der Waals surface area (Å²) in [6, 6.07) is 21.2. The van der Waals surface area contributed by atoms with Crippen molar-refractivity contribution in [1.29, 1.82) is 0 Å². The molecule has 6 aromatic rings. The summed E-state index contributed by atoms with van der Waals surface area (Å²) in [6.45, 7) is 1.87.